The van der Waals surface area contributed by atoms with Gasteiger partial charge in [0.25, 0.3) is 0 Å². The van der Waals surface area contributed by atoms with Crippen molar-refractivity contribution in [2.75, 3.05) is 0 Å². The van der Waals surface area contributed by atoms with Crippen molar-refractivity contribution < 1.29 is 9.53 Å². The molecule has 0 aliphatic heterocycles. The first-order valence-corrected chi connectivity index (χ1v) is 4.85. The lowest BCUT2D eigenvalue weighted by molar-refractivity contribution is -0.131. The standard InChI is InChI=1S/C12H13NO2/c1-7-4-5-11-10(6-7)12(8(2)13-11)15-9(3)14/h4-6,13H,1-3H3. The molecule has 0 atom stereocenters. The molecular weight excluding hydrogens is 190 g/mol. The van der Waals surface area contributed by atoms with Crippen molar-refractivity contribution in [3.8, 4) is 5.75 Å². The summed E-state index contributed by atoms with van der Waals surface area (Å²) in [6, 6.07) is 6.03. The molecule has 2 rings (SSSR count). The van der Waals surface area contributed by atoms with Gasteiger partial charge in [-0.15, -0.1) is 0 Å². The van der Waals surface area contributed by atoms with Crippen LogP contribution >= 0.6 is 0 Å². The van der Waals surface area contributed by atoms with Gasteiger partial charge in [0.15, 0.2) is 5.75 Å². The van der Waals surface area contributed by atoms with Gasteiger partial charge in [0.1, 0.15) is 0 Å². The van der Waals surface area contributed by atoms with Crippen LogP contribution in [0.25, 0.3) is 10.9 Å². The number of hydrogen-bond donors (Lipinski definition) is 1. The third-order valence-corrected chi connectivity index (χ3v) is 2.33. The summed E-state index contributed by atoms with van der Waals surface area (Å²) in [5.74, 6) is 0.349. The molecule has 3 nitrogen and oxygen atoms in total. The molecule has 78 valence electrons. The number of rotatable bonds is 1. The molecule has 1 aromatic heterocycles. The van der Waals surface area contributed by atoms with Crippen LogP contribution in [0.2, 0.25) is 0 Å². The van der Waals surface area contributed by atoms with Crippen molar-refractivity contribution in [2.24, 2.45) is 0 Å². The molecule has 0 saturated heterocycles. The molecule has 0 aliphatic carbocycles. The molecule has 0 aliphatic rings. The van der Waals surface area contributed by atoms with E-state index in [4.69, 9.17) is 4.74 Å². The van der Waals surface area contributed by atoms with E-state index in [1.54, 1.807) is 0 Å². The van der Waals surface area contributed by atoms with Crippen molar-refractivity contribution >= 4 is 16.9 Å². The normalized spacial score (nSPS) is 10.6. The summed E-state index contributed by atoms with van der Waals surface area (Å²) in [7, 11) is 0. The molecule has 1 heterocycles. The maximum Gasteiger partial charge on any atom is 0.308 e. The summed E-state index contributed by atoms with van der Waals surface area (Å²) in [5.41, 5.74) is 3.02. The van der Waals surface area contributed by atoms with Gasteiger partial charge in [-0.3, -0.25) is 4.79 Å². The molecule has 0 spiro atoms. The predicted octanol–water partition coefficient (Wildman–Crippen LogP) is 2.71. The lowest BCUT2D eigenvalue weighted by Crippen LogP contribution is -2.01. The fraction of sp³-hybridized carbons (Fsp3) is 0.250. The van der Waals surface area contributed by atoms with Crippen LogP contribution < -0.4 is 4.74 Å². The van der Waals surface area contributed by atoms with E-state index in [1.165, 1.54) is 6.92 Å². The van der Waals surface area contributed by atoms with Crippen LogP contribution in [0.1, 0.15) is 18.2 Å². The first-order chi connectivity index (χ1) is 7.08. The second-order valence-electron chi connectivity index (χ2n) is 3.72. The van der Waals surface area contributed by atoms with Gasteiger partial charge in [-0.1, -0.05) is 11.6 Å². The number of carbonyl (C=O) groups excluding carboxylic acids is 1. The monoisotopic (exact) mass is 203 g/mol. The van der Waals surface area contributed by atoms with Crippen LogP contribution in [0, 0.1) is 13.8 Å². The van der Waals surface area contributed by atoms with E-state index in [1.807, 2.05) is 32.0 Å². The molecule has 0 bridgehead atoms. The average molecular weight is 203 g/mol. The van der Waals surface area contributed by atoms with Crippen LogP contribution in [0.4, 0.5) is 0 Å². The molecule has 0 unspecified atom stereocenters. The van der Waals surface area contributed by atoms with Crippen molar-refractivity contribution in [3.05, 3.63) is 29.5 Å². The minimum Gasteiger partial charge on any atom is -0.424 e. The Kier molecular flexibility index (Phi) is 2.23. The molecule has 0 amide bonds. The van der Waals surface area contributed by atoms with Crippen molar-refractivity contribution in [2.45, 2.75) is 20.8 Å². The fourth-order valence-electron chi connectivity index (χ4n) is 1.69. The molecule has 15 heavy (non-hydrogen) atoms. The Morgan fingerprint density at radius 3 is 2.73 bits per heavy atom. The van der Waals surface area contributed by atoms with E-state index in [9.17, 15) is 4.79 Å². The number of esters is 1. The number of H-pyrrole nitrogens is 1. The molecule has 0 radical (unpaired) electrons. The zero-order chi connectivity index (χ0) is 11.0. The largest absolute Gasteiger partial charge is 0.424 e. The summed E-state index contributed by atoms with van der Waals surface area (Å²) in [4.78, 5) is 14.1. The summed E-state index contributed by atoms with van der Waals surface area (Å²) >= 11 is 0. The average Bonchev–Trinajstić information content (AvgIpc) is 2.43. The maximum atomic E-state index is 11.0. The maximum absolute atomic E-state index is 11.0. The summed E-state index contributed by atoms with van der Waals surface area (Å²) in [6.07, 6.45) is 0. The fourth-order valence-corrected chi connectivity index (χ4v) is 1.69. The highest BCUT2D eigenvalue weighted by Gasteiger charge is 2.11. The highest BCUT2D eigenvalue weighted by Crippen LogP contribution is 2.30. The highest BCUT2D eigenvalue weighted by molar-refractivity contribution is 5.90. The second-order valence-corrected chi connectivity index (χ2v) is 3.72. The number of nitrogens with one attached hydrogen (secondary N) is 1. The minimum atomic E-state index is -0.291. The Labute approximate surface area is 88.1 Å². The Bertz CT molecular complexity index is 526. The zero-order valence-electron chi connectivity index (χ0n) is 9.05. The van der Waals surface area contributed by atoms with Gasteiger partial charge in [0.05, 0.1) is 5.69 Å². The SMILES string of the molecule is CC(=O)Oc1c(C)[nH]c2ccc(C)cc12. The molecule has 0 fully saturated rings. The Morgan fingerprint density at radius 1 is 1.33 bits per heavy atom. The molecular formula is C12H13NO2. The van der Waals surface area contributed by atoms with Gasteiger partial charge >= 0.3 is 5.97 Å². The van der Waals surface area contributed by atoms with Crippen LogP contribution in [0.3, 0.4) is 0 Å². The molecule has 1 aromatic carbocycles. The van der Waals surface area contributed by atoms with E-state index >= 15 is 0 Å². The van der Waals surface area contributed by atoms with Gasteiger partial charge < -0.3 is 9.72 Å². The minimum absolute atomic E-state index is 0.291. The highest BCUT2D eigenvalue weighted by atomic mass is 16.5. The van der Waals surface area contributed by atoms with Gasteiger partial charge in [-0.05, 0) is 26.0 Å². The zero-order valence-corrected chi connectivity index (χ0v) is 9.05. The first-order valence-electron chi connectivity index (χ1n) is 4.85. The first kappa shape index (κ1) is 9.77. The van der Waals surface area contributed by atoms with Crippen LogP contribution in [0.5, 0.6) is 5.75 Å². The van der Waals surface area contributed by atoms with E-state index < -0.39 is 0 Å². The number of aromatic nitrogens is 1. The molecule has 1 N–H and O–H groups in total. The number of hydrogen-bond acceptors (Lipinski definition) is 2. The smallest absolute Gasteiger partial charge is 0.308 e. The molecule has 2 aromatic rings. The van der Waals surface area contributed by atoms with Crippen LogP contribution in [-0.2, 0) is 4.79 Å². The van der Waals surface area contributed by atoms with E-state index in [0.29, 0.717) is 5.75 Å². The quantitative estimate of drug-likeness (QED) is 0.724. The van der Waals surface area contributed by atoms with Gasteiger partial charge in [-0.25, -0.2) is 0 Å². The summed E-state index contributed by atoms with van der Waals surface area (Å²) < 4.78 is 5.18. The summed E-state index contributed by atoms with van der Waals surface area (Å²) in [6.45, 7) is 5.32. The third kappa shape index (κ3) is 1.73. The number of benzene rings is 1. The van der Waals surface area contributed by atoms with Gasteiger partial charge in [-0.2, -0.15) is 0 Å². The number of ether oxygens (including phenoxy) is 1. The van der Waals surface area contributed by atoms with E-state index in [2.05, 4.69) is 4.98 Å². The number of aryl methyl sites for hydroxylation is 2. The van der Waals surface area contributed by atoms with Crippen molar-refractivity contribution in [3.63, 3.8) is 0 Å². The molecule has 3 heteroatoms. The van der Waals surface area contributed by atoms with Crippen LogP contribution in [-0.4, -0.2) is 11.0 Å². The van der Waals surface area contributed by atoms with E-state index in [-0.39, 0.29) is 5.97 Å². The Morgan fingerprint density at radius 2 is 2.07 bits per heavy atom. The van der Waals surface area contributed by atoms with Gasteiger partial charge in [0, 0.05) is 17.8 Å². The van der Waals surface area contributed by atoms with E-state index in [0.717, 1.165) is 22.2 Å². The Hall–Kier alpha value is -1.77. The predicted molar refractivity (Wildman–Crippen MR) is 59.1 cm³/mol. The second kappa shape index (κ2) is 3.42. The van der Waals surface area contributed by atoms with Gasteiger partial charge in [0.2, 0.25) is 0 Å². The van der Waals surface area contributed by atoms with Crippen LogP contribution in [0.15, 0.2) is 18.2 Å². The third-order valence-electron chi connectivity index (χ3n) is 2.33. The van der Waals surface area contributed by atoms with Crippen molar-refractivity contribution in [1.82, 2.24) is 4.98 Å². The lowest BCUT2D eigenvalue weighted by Gasteiger charge is -2.00. The Balaban J connectivity index is 2.65. The molecule has 0 saturated carbocycles. The number of aromatic amines is 1. The lowest BCUT2D eigenvalue weighted by atomic mass is 10.1. The topological polar surface area (TPSA) is 42.1 Å². The summed E-state index contributed by atoms with van der Waals surface area (Å²) in [5, 5.41) is 0.961. The number of carbonyl (C=O) groups is 1. The number of fused-ring (bicyclic) bond motifs is 1. The van der Waals surface area contributed by atoms with Crippen molar-refractivity contribution in [1.29, 1.82) is 0 Å².